The minimum atomic E-state index is -0.237. The summed E-state index contributed by atoms with van der Waals surface area (Å²) >= 11 is 0. The molecular weight excluding hydrogens is 328 g/mol. The van der Waals surface area contributed by atoms with E-state index in [4.69, 9.17) is 0 Å². The Hall–Kier alpha value is -3.66. The monoisotopic (exact) mass is 344 g/mol. The zero-order chi connectivity index (χ0) is 18.3. The molecule has 0 radical (unpaired) electrons. The Balaban J connectivity index is 1.96. The number of benzene rings is 1. The summed E-state index contributed by atoms with van der Waals surface area (Å²) in [6.45, 7) is 3.89. The second-order valence-electron chi connectivity index (χ2n) is 6.29. The summed E-state index contributed by atoms with van der Waals surface area (Å²) in [7, 11) is 0. The van der Waals surface area contributed by atoms with Gasteiger partial charge in [0.25, 0.3) is 5.56 Å². The van der Waals surface area contributed by atoms with E-state index in [-0.39, 0.29) is 11.5 Å². The molecule has 3 heterocycles. The lowest BCUT2D eigenvalue weighted by Crippen LogP contribution is -2.22. The Kier molecular flexibility index (Phi) is 3.66. The van der Waals surface area contributed by atoms with Gasteiger partial charge in [-0.05, 0) is 24.1 Å². The molecule has 4 aromatic rings. The number of fused-ring (bicyclic) bond motifs is 1. The molecule has 0 bridgehead atoms. The SMILES string of the molecule is CC(C)c1c(-c2ccn(-c3ccccc3)n2)[nH]c2c(C#N)cnn2c1=O. The predicted octanol–water partition coefficient (Wildman–Crippen LogP) is 2.87. The number of nitrogens with zero attached hydrogens (tertiary/aromatic N) is 5. The molecule has 0 spiro atoms. The number of hydrogen-bond donors (Lipinski definition) is 1. The van der Waals surface area contributed by atoms with Crippen LogP contribution in [-0.2, 0) is 0 Å². The molecule has 4 rings (SSSR count). The first-order valence-corrected chi connectivity index (χ1v) is 8.25. The van der Waals surface area contributed by atoms with Crippen LogP contribution in [0, 0.1) is 11.3 Å². The van der Waals surface area contributed by atoms with Gasteiger partial charge in [0.05, 0.1) is 17.6 Å². The topological polar surface area (TPSA) is 91.8 Å². The first kappa shape index (κ1) is 15.8. The van der Waals surface area contributed by atoms with E-state index in [0.29, 0.717) is 28.2 Å². The number of para-hydroxylation sites is 1. The summed E-state index contributed by atoms with van der Waals surface area (Å²) in [5, 5.41) is 17.9. The molecule has 26 heavy (non-hydrogen) atoms. The van der Waals surface area contributed by atoms with Crippen LogP contribution < -0.4 is 5.56 Å². The summed E-state index contributed by atoms with van der Waals surface area (Å²) in [6.07, 6.45) is 3.24. The van der Waals surface area contributed by atoms with Crippen molar-refractivity contribution in [3.05, 3.63) is 70.3 Å². The fourth-order valence-electron chi connectivity index (χ4n) is 3.03. The molecule has 3 aromatic heterocycles. The van der Waals surface area contributed by atoms with Crippen molar-refractivity contribution >= 4 is 5.65 Å². The summed E-state index contributed by atoms with van der Waals surface area (Å²) in [6, 6.07) is 13.6. The van der Waals surface area contributed by atoms with Gasteiger partial charge in [-0.15, -0.1) is 0 Å². The minimum absolute atomic E-state index is 0.0326. The van der Waals surface area contributed by atoms with Crippen LogP contribution in [-0.4, -0.2) is 24.4 Å². The lowest BCUT2D eigenvalue weighted by Gasteiger charge is -2.11. The number of aromatic amines is 1. The highest BCUT2D eigenvalue weighted by Gasteiger charge is 2.20. The summed E-state index contributed by atoms with van der Waals surface area (Å²) in [4.78, 5) is 16.1. The second kappa shape index (κ2) is 6.01. The van der Waals surface area contributed by atoms with Gasteiger partial charge in [-0.25, -0.2) is 4.68 Å². The average Bonchev–Trinajstić information content (AvgIpc) is 3.29. The molecule has 128 valence electrons. The highest BCUT2D eigenvalue weighted by Crippen LogP contribution is 2.25. The van der Waals surface area contributed by atoms with Gasteiger partial charge < -0.3 is 4.98 Å². The minimum Gasteiger partial charge on any atom is -0.337 e. The maximum absolute atomic E-state index is 12.9. The Morgan fingerprint density at radius 2 is 1.96 bits per heavy atom. The van der Waals surface area contributed by atoms with Gasteiger partial charge in [0.1, 0.15) is 17.3 Å². The van der Waals surface area contributed by atoms with Crippen LogP contribution in [0.3, 0.4) is 0 Å². The van der Waals surface area contributed by atoms with E-state index in [1.807, 2.05) is 56.4 Å². The molecule has 1 N–H and O–H groups in total. The maximum Gasteiger partial charge on any atom is 0.278 e. The van der Waals surface area contributed by atoms with Gasteiger partial charge in [0.2, 0.25) is 0 Å². The molecule has 0 saturated carbocycles. The third kappa shape index (κ3) is 2.40. The van der Waals surface area contributed by atoms with E-state index in [2.05, 4.69) is 21.3 Å². The van der Waals surface area contributed by atoms with Gasteiger partial charge >= 0.3 is 0 Å². The largest absolute Gasteiger partial charge is 0.337 e. The number of H-pyrrole nitrogens is 1. The Bertz CT molecular complexity index is 1190. The quantitative estimate of drug-likeness (QED) is 0.618. The van der Waals surface area contributed by atoms with E-state index < -0.39 is 0 Å². The first-order valence-electron chi connectivity index (χ1n) is 8.25. The average molecular weight is 344 g/mol. The number of rotatable bonds is 3. The zero-order valence-corrected chi connectivity index (χ0v) is 14.3. The van der Waals surface area contributed by atoms with Crippen LogP contribution in [0.2, 0.25) is 0 Å². The first-order chi connectivity index (χ1) is 12.6. The Morgan fingerprint density at radius 3 is 2.65 bits per heavy atom. The third-order valence-corrected chi connectivity index (χ3v) is 4.27. The molecule has 0 amide bonds. The van der Waals surface area contributed by atoms with E-state index in [1.54, 1.807) is 4.68 Å². The Labute approximate surface area is 149 Å². The number of nitriles is 1. The summed E-state index contributed by atoms with van der Waals surface area (Å²) < 4.78 is 3.00. The van der Waals surface area contributed by atoms with Crippen molar-refractivity contribution in [2.45, 2.75) is 19.8 Å². The molecule has 0 saturated heterocycles. The number of aromatic nitrogens is 5. The van der Waals surface area contributed by atoms with Gasteiger partial charge in [0, 0.05) is 11.8 Å². The van der Waals surface area contributed by atoms with Crippen molar-refractivity contribution in [1.29, 1.82) is 5.26 Å². The lowest BCUT2D eigenvalue weighted by molar-refractivity contribution is 0.793. The van der Waals surface area contributed by atoms with Crippen molar-refractivity contribution in [3.63, 3.8) is 0 Å². The molecule has 7 heteroatoms. The normalized spacial score (nSPS) is 11.2. The molecule has 0 aliphatic rings. The van der Waals surface area contributed by atoms with Gasteiger partial charge in [-0.3, -0.25) is 4.79 Å². The number of nitrogens with one attached hydrogen (secondary N) is 1. The molecular formula is C19H16N6O. The third-order valence-electron chi connectivity index (χ3n) is 4.27. The molecule has 7 nitrogen and oxygen atoms in total. The van der Waals surface area contributed by atoms with Crippen LogP contribution in [0.1, 0.15) is 30.9 Å². The van der Waals surface area contributed by atoms with Crippen LogP contribution in [0.15, 0.2) is 53.6 Å². The second-order valence-corrected chi connectivity index (χ2v) is 6.29. The van der Waals surface area contributed by atoms with Crippen LogP contribution in [0.4, 0.5) is 0 Å². The van der Waals surface area contributed by atoms with Gasteiger partial charge in [-0.2, -0.15) is 20.0 Å². The molecule has 0 aliphatic carbocycles. The summed E-state index contributed by atoms with van der Waals surface area (Å²) in [5.74, 6) is -0.0326. The molecule has 0 fully saturated rings. The van der Waals surface area contributed by atoms with E-state index >= 15 is 0 Å². The van der Waals surface area contributed by atoms with Crippen LogP contribution in [0.25, 0.3) is 22.7 Å². The van der Waals surface area contributed by atoms with Crippen molar-refractivity contribution in [1.82, 2.24) is 24.4 Å². The molecule has 0 atom stereocenters. The lowest BCUT2D eigenvalue weighted by atomic mass is 10.0. The van der Waals surface area contributed by atoms with E-state index in [1.165, 1.54) is 10.7 Å². The van der Waals surface area contributed by atoms with Crippen LogP contribution >= 0.6 is 0 Å². The van der Waals surface area contributed by atoms with Crippen molar-refractivity contribution in [2.75, 3.05) is 0 Å². The van der Waals surface area contributed by atoms with Gasteiger partial charge in [-0.1, -0.05) is 32.0 Å². The highest BCUT2D eigenvalue weighted by atomic mass is 16.1. The van der Waals surface area contributed by atoms with Crippen molar-refractivity contribution in [3.8, 4) is 23.1 Å². The summed E-state index contributed by atoms with van der Waals surface area (Å²) in [5.41, 5.74) is 3.23. The molecule has 0 unspecified atom stereocenters. The Morgan fingerprint density at radius 1 is 1.19 bits per heavy atom. The standard InChI is InChI=1S/C19H16N6O/c1-12(2)16-17(22-18-13(10-20)11-21-25(18)19(16)26)15-8-9-24(23-15)14-6-4-3-5-7-14/h3-9,11-12,22H,1-2H3. The van der Waals surface area contributed by atoms with E-state index in [9.17, 15) is 10.1 Å². The van der Waals surface area contributed by atoms with Gasteiger partial charge in [0.15, 0.2) is 5.65 Å². The highest BCUT2D eigenvalue weighted by molar-refractivity contribution is 5.65. The maximum atomic E-state index is 12.9. The van der Waals surface area contributed by atoms with Crippen molar-refractivity contribution in [2.24, 2.45) is 0 Å². The molecule has 1 aromatic carbocycles. The number of hydrogen-bond acceptors (Lipinski definition) is 4. The molecule has 0 aliphatic heterocycles. The fourth-order valence-corrected chi connectivity index (χ4v) is 3.03. The predicted molar refractivity (Wildman–Crippen MR) is 97.2 cm³/mol. The van der Waals surface area contributed by atoms with Crippen LogP contribution in [0.5, 0.6) is 0 Å². The fraction of sp³-hybridized carbons (Fsp3) is 0.158. The van der Waals surface area contributed by atoms with E-state index in [0.717, 1.165) is 5.69 Å². The smallest absolute Gasteiger partial charge is 0.278 e. The van der Waals surface area contributed by atoms with Crippen molar-refractivity contribution < 1.29 is 0 Å². The zero-order valence-electron chi connectivity index (χ0n) is 14.3.